The molecule has 1 fully saturated rings. The van der Waals surface area contributed by atoms with E-state index in [0.29, 0.717) is 18.5 Å². The Morgan fingerprint density at radius 3 is 2.96 bits per heavy atom. The lowest BCUT2D eigenvalue weighted by molar-refractivity contribution is 0.0687. The summed E-state index contributed by atoms with van der Waals surface area (Å²) in [6.07, 6.45) is 2.64. The van der Waals surface area contributed by atoms with Gasteiger partial charge in [-0.15, -0.1) is 11.3 Å². The van der Waals surface area contributed by atoms with Gasteiger partial charge in [-0.2, -0.15) is 0 Å². The predicted molar refractivity (Wildman–Crippen MR) is 95.9 cm³/mol. The maximum atomic E-state index is 10.4. The van der Waals surface area contributed by atoms with Gasteiger partial charge >= 0.3 is 0 Å². The number of rotatable bonds is 3. The molecule has 128 valence electrons. The third-order valence-corrected chi connectivity index (χ3v) is 5.75. The average Bonchev–Trinajstić information content (AvgIpc) is 3.16. The summed E-state index contributed by atoms with van der Waals surface area (Å²) in [4.78, 5) is 4.83. The molecule has 4 rings (SSSR count). The Bertz CT molecular complexity index is 721. The van der Waals surface area contributed by atoms with Crippen LogP contribution >= 0.6 is 11.3 Å². The monoisotopic (exact) mass is 345 g/mol. The van der Waals surface area contributed by atoms with Crippen LogP contribution in [0.2, 0.25) is 0 Å². The van der Waals surface area contributed by atoms with E-state index in [1.54, 1.807) is 11.3 Å². The van der Waals surface area contributed by atoms with Crippen molar-refractivity contribution in [2.24, 2.45) is 0 Å². The molecule has 2 aliphatic heterocycles. The molecule has 0 spiro atoms. The quantitative estimate of drug-likeness (QED) is 0.919. The Labute approximate surface area is 146 Å². The van der Waals surface area contributed by atoms with Gasteiger partial charge in [0, 0.05) is 41.6 Å². The third kappa shape index (κ3) is 3.29. The van der Waals surface area contributed by atoms with E-state index in [0.717, 1.165) is 50.2 Å². The maximum absolute atomic E-state index is 10.4. The first-order chi connectivity index (χ1) is 11.7. The van der Waals surface area contributed by atoms with Crippen LogP contribution in [0, 0.1) is 6.92 Å². The van der Waals surface area contributed by atoms with Crippen molar-refractivity contribution in [1.29, 1.82) is 0 Å². The van der Waals surface area contributed by atoms with Crippen LogP contribution in [0.25, 0.3) is 10.4 Å². The van der Waals surface area contributed by atoms with Crippen molar-refractivity contribution >= 4 is 11.3 Å². The van der Waals surface area contributed by atoms with Gasteiger partial charge in [0.15, 0.2) is 11.5 Å². The predicted octanol–water partition coefficient (Wildman–Crippen LogP) is 3.80. The molecule has 1 aromatic heterocycles. The molecule has 0 unspecified atom stereocenters. The number of phenols is 1. The molecule has 1 saturated heterocycles. The minimum atomic E-state index is 0.243. The fourth-order valence-corrected chi connectivity index (χ4v) is 4.37. The van der Waals surface area contributed by atoms with Crippen molar-refractivity contribution in [1.82, 2.24) is 4.90 Å². The first-order valence-electron chi connectivity index (χ1n) is 8.58. The highest BCUT2D eigenvalue weighted by Crippen LogP contribution is 2.39. The topological polar surface area (TPSA) is 41.9 Å². The van der Waals surface area contributed by atoms with Crippen molar-refractivity contribution < 1.29 is 14.6 Å². The van der Waals surface area contributed by atoms with E-state index in [9.17, 15) is 5.11 Å². The van der Waals surface area contributed by atoms with E-state index >= 15 is 0 Å². The van der Waals surface area contributed by atoms with E-state index < -0.39 is 0 Å². The summed E-state index contributed by atoms with van der Waals surface area (Å²) in [6, 6.07) is 8.21. The zero-order chi connectivity index (χ0) is 16.5. The fraction of sp³-hybridized carbons (Fsp3) is 0.474. The van der Waals surface area contributed by atoms with Gasteiger partial charge in [-0.05, 0) is 49.6 Å². The lowest BCUT2D eigenvalue weighted by Gasteiger charge is -2.22. The molecule has 4 nitrogen and oxygen atoms in total. The van der Waals surface area contributed by atoms with Gasteiger partial charge in [0.25, 0.3) is 0 Å². The summed E-state index contributed by atoms with van der Waals surface area (Å²) in [5.41, 5.74) is 2.12. The zero-order valence-electron chi connectivity index (χ0n) is 14.0. The van der Waals surface area contributed by atoms with Gasteiger partial charge in [0.2, 0.25) is 0 Å². The lowest BCUT2D eigenvalue weighted by Crippen LogP contribution is -2.33. The van der Waals surface area contributed by atoms with Crippen LogP contribution in [0.5, 0.6) is 11.5 Å². The third-order valence-electron chi connectivity index (χ3n) is 4.70. The summed E-state index contributed by atoms with van der Waals surface area (Å²) in [5, 5.41) is 10.4. The Hall–Kier alpha value is -1.56. The number of fused-ring (bicyclic) bond motifs is 1. The smallest absolute Gasteiger partial charge is 0.165 e. The average molecular weight is 345 g/mol. The van der Waals surface area contributed by atoms with Gasteiger partial charge < -0.3 is 14.6 Å². The van der Waals surface area contributed by atoms with Crippen LogP contribution in [0.1, 0.15) is 23.3 Å². The highest BCUT2D eigenvalue weighted by atomic mass is 32.1. The number of nitrogens with zero attached hydrogens (tertiary/aromatic N) is 1. The number of phenolic OH excluding ortho intramolecular Hbond substituents is 1. The highest BCUT2D eigenvalue weighted by molar-refractivity contribution is 7.15. The summed E-state index contributed by atoms with van der Waals surface area (Å²) in [7, 11) is 0. The largest absolute Gasteiger partial charge is 0.504 e. The molecule has 1 atom stereocenters. The van der Waals surface area contributed by atoms with Gasteiger partial charge in [0.05, 0.1) is 6.10 Å². The van der Waals surface area contributed by atoms with E-state index in [-0.39, 0.29) is 5.75 Å². The molecule has 0 amide bonds. The maximum Gasteiger partial charge on any atom is 0.165 e. The lowest BCUT2D eigenvalue weighted by atomic mass is 10.1. The molecular weight excluding hydrogens is 322 g/mol. The molecule has 5 heteroatoms. The van der Waals surface area contributed by atoms with Gasteiger partial charge in [0.1, 0.15) is 6.61 Å². The minimum absolute atomic E-state index is 0.243. The van der Waals surface area contributed by atoms with E-state index in [2.05, 4.69) is 30.0 Å². The van der Waals surface area contributed by atoms with Crippen molar-refractivity contribution in [2.75, 3.05) is 26.3 Å². The van der Waals surface area contributed by atoms with Crippen LogP contribution < -0.4 is 4.74 Å². The number of benzene rings is 1. The first-order valence-corrected chi connectivity index (χ1v) is 9.40. The van der Waals surface area contributed by atoms with Crippen LogP contribution in [0.3, 0.4) is 0 Å². The standard InChI is InChI=1S/C19H23NO3S/c1-13-4-5-18(24-13)14-9-15-11-20(12-16-3-2-7-22-16)6-8-23-19(15)17(21)10-14/h4-5,9-10,16,21H,2-3,6-8,11-12H2,1H3/t16-/m1/s1. The molecule has 0 radical (unpaired) electrons. The molecular formula is C19H23NO3S. The van der Waals surface area contributed by atoms with Gasteiger partial charge in [-0.1, -0.05) is 0 Å². The first kappa shape index (κ1) is 15.9. The van der Waals surface area contributed by atoms with Crippen LogP contribution in [0.15, 0.2) is 24.3 Å². The normalized spacial score (nSPS) is 21.3. The van der Waals surface area contributed by atoms with Crippen LogP contribution in [-0.4, -0.2) is 42.4 Å². The summed E-state index contributed by atoms with van der Waals surface area (Å²) in [5.74, 6) is 0.884. The molecule has 3 heterocycles. The molecule has 0 bridgehead atoms. The van der Waals surface area contributed by atoms with Crippen molar-refractivity contribution in [3.63, 3.8) is 0 Å². The molecule has 24 heavy (non-hydrogen) atoms. The SMILES string of the molecule is Cc1ccc(-c2cc(O)c3c(c2)CN(C[C@H]2CCCO2)CCO3)s1. The second-order valence-corrected chi connectivity index (χ2v) is 7.90. The molecule has 0 saturated carbocycles. The second kappa shape index (κ2) is 6.75. The number of thiophene rings is 1. The second-order valence-electron chi connectivity index (χ2n) is 6.61. The molecule has 1 N–H and O–H groups in total. The van der Waals surface area contributed by atoms with Gasteiger partial charge in [-0.3, -0.25) is 4.90 Å². The van der Waals surface area contributed by atoms with Crippen molar-refractivity contribution in [2.45, 2.75) is 32.4 Å². The number of ether oxygens (including phenoxy) is 2. The molecule has 2 aliphatic rings. The summed E-state index contributed by atoms with van der Waals surface area (Å²) < 4.78 is 11.6. The highest BCUT2D eigenvalue weighted by Gasteiger charge is 2.24. The fourth-order valence-electron chi connectivity index (χ4n) is 3.52. The Balaban J connectivity index is 1.60. The van der Waals surface area contributed by atoms with E-state index in [4.69, 9.17) is 9.47 Å². The minimum Gasteiger partial charge on any atom is -0.504 e. The Morgan fingerprint density at radius 2 is 2.21 bits per heavy atom. The van der Waals surface area contributed by atoms with E-state index in [1.807, 2.05) is 6.07 Å². The number of aryl methyl sites for hydroxylation is 1. The van der Waals surface area contributed by atoms with Crippen molar-refractivity contribution in [3.05, 3.63) is 34.7 Å². The van der Waals surface area contributed by atoms with Gasteiger partial charge in [-0.25, -0.2) is 0 Å². The van der Waals surface area contributed by atoms with E-state index in [1.165, 1.54) is 9.75 Å². The number of hydrogen-bond donors (Lipinski definition) is 1. The molecule has 0 aliphatic carbocycles. The number of hydrogen-bond acceptors (Lipinski definition) is 5. The Morgan fingerprint density at radius 1 is 1.29 bits per heavy atom. The summed E-state index contributed by atoms with van der Waals surface area (Å²) >= 11 is 1.75. The summed E-state index contributed by atoms with van der Waals surface area (Å²) in [6.45, 7) is 6.18. The Kier molecular flexibility index (Phi) is 4.48. The zero-order valence-corrected chi connectivity index (χ0v) is 14.8. The van der Waals surface area contributed by atoms with Crippen LogP contribution in [-0.2, 0) is 11.3 Å². The van der Waals surface area contributed by atoms with Crippen molar-refractivity contribution in [3.8, 4) is 21.9 Å². The number of aromatic hydroxyl groups is 1. The molecule has 2 aromatic rings. The van der Waals surface area contributed by atoms with Crippen LogP contribution in [0.4, 0.5) is 0 Å². The molecule has 1 aromatic carbocycles.